The van der Waals surface area contributed by atoms with Gasteiger partial charge in [0.1, 0.15) is 14.6 Å². The number of rotatable bonds is 14. The molecule has 0 unspecified atom stereocenters. The van der Waals surface area contributed by atoms with Gasteiger partial charge >= 0.3 is 0 Å². The van der Waals surface area contributed by atoms with Crippen molar-refractivity contribution in [1.82, 2.24) is 0 Å². The highest BCUT2D eigenvalue weighted by Gasteiger charge is 1.96. The lowest BCUT2D eigenvalue weighted by Gasteiger charge is -2.05. The smallest absolute Gasteiger partial charge is 0.148 e. The molecule has 4 heteroatoms. The molecule has 0 fully saturated rings. The van der Waals surface area contributed by atoms with Crippen molar-refractivity contribution in [2.45, 2.75) is 65.0 Å². The van der Waals surface area contributed by atoms with Crippen LogP contribution in [0.4, 0.5) is 0 Å². The minimum Gasteiger partial charge on any atom is -0.390 e. The lowest BCUT2D eigenvalue weighted by Crippen LogP contribution is -2.07. The number of hydrogen-bond acceptors (Lipinski definition) is 2. The molecule has 0 aliphatic rings. The maximum Gasteiger partial charge on any atom is 0.148 e. The van der Waals surface area contributed by atoms with E-state index in [1.807, 2.05) is 6.82 Å². The summed E-state index contributed by atoms with van der Waals surface area (Å²) in [6, 6.07) is 0. The summed E-state index contributed by atoms with van der Waals surface area (Å²) < 4.78 is 10.9. The van der Waals surface area contributed by atoms with Crippen molar-refractivity contribution in [3.63, 3.8) is 0 Å². The summed E-state index contributed by atoms with van der Waals surface area (Å²) in [4.78, 5) is 0. The summed E-state index contributed by atoms with van der Waals surface area (Å²) in [6.07, 6.45) is 7.66. The van der Waals surface area contributed by atoms with Gasteiger partial charge in [-0.1, -0.05) is 52.2 Å². The van der Waals surface area contributed by atoms with Gasteiger partial charge in [-0.2, -0.15) is 0 Å². The Balaban J connectivity index is 2.90. The Hall–Kier alpha value is 0.0499. The largest absolute Gasteiger partial charge is 0.390 e. The molecule has 0 aliphatic heterocycles. The third-order valence-corrected chi connectivity index (χ3v) is 2.80. The van der Waals surface area contributed by atoms with Crippen molar-refractivity contribution in [2.24, 2.45) is 0 Å². The first-order chi connectivity index (χ1) is 8.77. The summed E-state index contributed by atoms with van der Waals surface area (Å²) in [5, 5.41) is 0. The van der Waals surface area contributed by atoms with Gasteiger partial charge in [-0.05, 0) is 12.8 Å². The molecule has 0 amide bonds. The number of hydrogen-bond donors (Lipinski definition) is 0. The Morgan fingerprint density at radius 3 is 1.78 bits per heavy atom. The highest BCUT2D eigenvalue weighted by Crippen LogP contribution is 2.06. The molecule has 0 saturated heterocycles. The van der Waals surface area contributed by atoms with Crippen molar-refractivity contribution in [2.75, 3.05) is 26.2 Å². The van der Waals surface area contributed by atoms with Crippen LogP contribution < -0.4 is 0 Å². The molecule has 18 heavy (non-hydrogen) atoms. The van der Waals surface area contributed by atoms with Crippen molar-refractivity contribution >= 4 is 14.6 Å². The Labute approximate surface area is 116 Å². The highest BCUT2D eigenvalue weighted by molar-refractivity contribution is 6.37. The van der Waals surface area contributed by atoms with Crippen LogP contribution in [0.15, 0.2) is 0 Å². The van der Waals surface area contributed by atoms with E-state index in [4.69, 9.17) is 9.47 Å². The van der Waals surface area contributed by atoms with Gasteiger partial charge in [0.15, 0.2) is 0 Å². The van der Waals surface area contributed by atoms with Gasteiger partial charge in [0.25, 0.3) is 0 Å². The maximum absolute atomic E-state index is 5.54. The monoisotopic (exact) mass is 252 g/mol. The van der Waals surface area contributed by atoms with E-state index in [0.29, 0.717) is 5.82 Å². The van der Waals surface area contributed by atoms with Crippen LogP contribution in [0.5, 0.6) is 0 Å². The minimum absolute atomic E-state index is 0.637. The minimum atomic E-state index is 0.637. The normalized spacial score (nSPS) is 10.9. The van der Waals surface area contributed by atoms with E-state index in [-0.39, 0.29) is 0 Å². The molecule has 0 aromatic heterocycles. The Morgan fingerprint density at radius 1 is 0.778 bits per heavy atom. The molecular formula is C14H30B2O2. The van der Waals surface area contributed by atoms with Crippen molar-refractivity contribution in [1.29, 1.82) is 0 Å². The number of ether oxygens (including phenoxy) is 2. The first-order valence-electron chi connectivity index (χ1n) is 7.54. The third kappa shape index (κ3) is 16.0. The van der Waals surface area contributed by atoms with Crippen molar-refractivity contribution in [3.05, 3.63) is 0 Å². The molecule has 0 aliphatic carbocycles. The molecule has 0 aromatic rings. The van der Waals surface area contributed by atoms with Gasteiger partial charge in [-0.25, -0.2) is 0 Å². The summed E-state index contributed by atoms with van der Waals surface area (Å²) >= 11 is 0. The topological polar surface area (TPSA) is 18.5 Å². The predicted molar refractivity (Wildman–Crippen MR) is 81.8 cm³/mol. The van der Waals surface area contributed by atoms with Gasteiger partial charge < -0.3 is 9.47 Å². The molecule has 0 N–H and O–H groups in total. The highest BCUT2D eigenvalue weighted by atomic mass is 16.5. The maximum atomic E-state index is 5.54. The first-order valence-corrected chi connectivity index (χ1v) is 7.54. The average molecular weight is 252 g/mol. The Bertz CT molecular complexity index is 155. The lowest BCUT2D eigenvalue weighted by atomic mass is 9.68. The predicted octanol–water partition coefficient (Wildman–Crippen LogP) is 3.56. The van der Waals surface area contributed by atoms with E-state index in [1.54, 1.807) is 0 Å². The average Bonchev–Trinajstić information content (AvgIpc) is 2.34. The Morgan fingerprint density at radius 2 is 1.28 bits per heavy atom. The zero-order chi connectivity index (χ0) is 13.5. The molecule has 104 valence electrons. The molecule has 0 atom stereocenters. The zero-order valence-corrected chi connectivity index (χ0v) is 12.6. The summed E-state index contributed by atoms with van der Waals surface area (Å²) in [7, 11) is 4.27. The van der Waals surface area contributed by atoms with Gasteiger partial charge in [0, 0.05) is 26.2 Å². The fourth-order valence-corrected chi connectivity index (χ4v) is 1.66. The van der Waals surface area contributed by atoms with Crippen LogP contribution >= 0.6 is 0 Å². The third-order valence-electron chi connectivity index (χ3n) is 2.80. The number of unbranched alkanes of at least 4 members (excludes halogenated alkanes) is 5. The second-order valence-corrected chi connectivity index (χ2v) is 5.16. The van der Waals surface area contributed by atoms with E-state index < -0.39 is 0 Å². The van der Waals surface area contributed by atoms with E-state index in [1.165, 1.54) is 38.5 Å². The Kier molecular flexibility index (Phi) is 15.2. The van der Waals surface area contributed by atoms with Gasteiger partial charge in [-0.3, -0.25) is 0 Å². The zero-order valence-electron chi connectivity index (χ0n) is 12.6. The molecule has 2 nitrogen and oxygen atoms in total. The summed E-state index contributed by atoms with van der Waals surface area (Å²) in [5.74, 6) is 0.637. The van der Waals surface area contributed by atoms with Crippen molar-refractivity contribution < 1.29 is 9.47 Å². The molecule has 0 heterocycles. The SMILES string of the molecule is C[B]COCCCCCCCCOC[B]C(C)C. The van der Waals surface area contributed by atoms with Crippen LogP contribution in [0.25, 0.3) is 0 Å². The van der Waals surface area contributed by atoms with Crippen LogP contribution in [0.1, 0.15) is 52.4 Å². The molecule has 0 aromatic carbocycles. The molecule has 0 rings (SSSR count). The van der Waals surface area contributed by atoms with E-state index in [2.05, 4.69) is 28.4 Å². The van der Waals surface area contributed by atoms with Crippen molar-refractivity contribution in [3.8, 4) is 0 Å². The van der Waals surface area contributed by atoms with Gasteiger partial charge in [0.05, 0.1) is 0 Å². The van der Waals surface area contributed by atoms with E-state index in [0.717, 1.165) is 26.2 Å². The summed E-state index contributed by atoms with van der Waals surface area (Å²) in [6.45, 7) is 9.84. The van der Waals surface area contributed by atoms with E-state index >= 15 is 0 Å². The molecule has 0 saturated carbocycles. The molecule has 2 radical (unpaired) electrons. The van der Waals surface area contributed by atoms with Gasteiger partial charge in [0.2, 0.25) is 0 Å². The fraction of sp³-hybridized carbons (Fsp3) is 1.00. The lowest BCUT2D eigenvalue weighted by molar-refractivity contribution is 0.167. The van der Waals surface area contributed by atoms with Crippen LogP contribution in [-0.4, -0.2) is 40.8 Å². The van der Waals surface area contributed by atoms with Gasteiger partial charge in [-0.15, -0.1) is 0 Å². The van der Waals surface area contributed by atoms with Crippen LogP contribution in [0, 0.1) is 0 Å². The second-order valence-electron chi connectivity index (χ2n) is 5.16. The van der Waals surface area contributed by atoms with Crippen LogP contribution in [0.2, 0.25) is 12.6 Å². The molecule has 0 bridgehead atoms. The van der Waals surface area contributed by atoms with Crippen LogP contribution in [0.3, 0.4) is 0 Å². The molecule has 0 spiro atoms. The van der Waals surface area contributed by atoms with Crippen LogP contribution in [-0.2, 0) is 9.47 Å². The molecular weight excluding hydrogens is 222 g/mol. The summed E-state index contributed by atoms with van der Waals surface area (Å²) in [5.41, 5.74) is 0. The standard InChI is InChI=1S/C14H30B2O2/c1-14(2)16-13-18-11-9-7-5-4-6-8-10-17-12-15-3/h14H,4-13H2,1-3H3. The quantitative estimate of drug-likeness (QED) is 0.347. The van der Waals surface area contributed by atoms with E-state index in [9.17, 15) is 0 Å². The fourth-order valence-electron chi connectivity index (χ4n) is 1.66. The first kappa shape index (κ1) is 18.0. The second kappa shape index (κ2) is 15.1.